The fourth-order valence-electron chi connectivity index (χ4n) is 5.74. The average Bonchev–Trinajstić information content (AvgIpc) is 2.46. The summed E-state index contributed by atoms with van der Waals surface area (Å²) in [5.74, 6) is 6.39. The lowest BCUT2D eigenvalue weighted by atomic mass is 9.51. The molecule has 0 spiro atoms. The molecular formula is C19H26O. The lowest BCUT2D eigenvalue weighted by molar-refractivity contribution is -0.0394. The van der Waals surface area contributed by atoms with Crippen molar-refractivity contribution in [2.45, 2.75) is 44.9 Å². The molecule has 1 aromatic carbocycles. The Morgan fingerprint density at radius 3 is 2.25 bits per heavy atom. The molecule has 0 heterocycles. The van der Waals surface area contributed by atoms with Crippen molar-refractivity contribution in [2.75, 3.05) is 7.11 Å². The second-order valence-electron chi connectivity index (χ2n) is 7.45. The van der Waals surface area contributed by atoms with Gasteiger partial charge in [0, 0.05) is 0 Å². The zero-order chi connectivity index (χ0) is 13.5. The molecule has 20 heavy (non-hydrogen) atoms. The third-order valence-corrected chi connectivity index (χ3v) is 6.36. The SMILES string of the molecule is COc1ccccc1CCC1C2CC3CC(C2)CC1C3. The first-order valence-electron chi connectivity index (χ1n) is 8.45. The summed E-state index contributed by atoms with van der Waals surface area (Å²) in [5, 5.41) is 0. The smallest absolute Gasteiger partial charge is 0.122 e. The molecule has 1 aromatic rings. The molecule has 0 atom stereocenters. The summed E-state index contributed by atoms with van der Waals surface area (Å²) in [6.07, 6.45) is 10.3. The predicted octanol–water partition coefficient (Wildman–Crippen LogP) is 4.70. The molecule has 0 N–H and O–H groups in total. The van der Waals surface area contributed by atoms with E-state index in [9.17, 15) is 0 Å². The van der Waals surface area contributed by atoms with Crippen LogP contribution in [-0.4, -0.2) is 7.11 Å². The van der Waals surface area contributed by atoms with E-state index in [0.717, 1.165) is 35.3 Å². The summed E-state index contributed by atoms with van der Waals surface area (Å²) >= 11 is 0. The highest BCUT2D eigenvalue weighted by Gasteiger charge is 2.47. The number of hydrogen-bond acceptors (Lipinski definition) is 1. The summed E-state index contributed by atoms with van der Waals surface area (Å²) in [6.45, 7) is 0. The van der Waals surface area contributed by atoms with Crippen LogP contribution in [0.2, 0.25) is 0 Å². The van der Waals surface area contributed by atoms with Crippen LogP contribution in [0.5, 0.6) is 5.75 Å². The quantitative estimate of drug-likeness (QED) is 0.770. The Morgan fingerprint density at radius 1 is 0.950 bits per heavy atom. The van der Waals surface area contributed by atoms with E-state index in [4.69, 9.17) is 4.74 Å². The Hall–Kier alpha value is -0.980. The van der Waals surface area contributed by atoms with Crippen molar-refractivity contribution in [1.82, 2.24) is 0 Å². The zero-order valence-electron chi connectivity index (χ0n) is 12.6. The van der Waals surface area contributed by atoms with Crippen LogP contribution in [-0.2, 0) is 6.42 Å². The number of methoxy groups -OCH3 is 1. The van der Waals surface area contributed by atoms with Gasteiger partial charge in [0.25, 0.3) is 0 Å². The molecule has 0 amide bonds. The van der Waals surface area contributed by atoms with Crippen LogP contribution in [0.4, 0.5) is 0 Å². The minimum atomic E-state index is 1.01. The maximum atomic E-state index is 5.50. The molecule has 1 nitrogen and oxygen atoms in total. The molecule has 0 unspecified atom stereocenters. The van der Waals surface area contributed by atoms with Crippen molar-refractivity contribution in [3.8, 4) is 5.75 Å². The van der Waals surface area contributed by atoms with Crippen molar-refractivity contribution < 1.29 is 4.74 Å². The van der Waals surface area contributed by atoms with Gasteiger partial charge in [0.15, 0.2) is 0 Å². The molecule has 0 radical (unpaired) electrons. The van der Waals surface area contributed by atoms with E-state index in [0.29, 0.717) is 0 Å². The first-order valence-corrected chi connectivity index (χ1v) is 8.45. The molecule has 0 saturated heterocycles. The molecule has 0 aliphatic heterocycles. The number of hydrogen-bond donors (Lipinski definition) is 0. The van der Waals surface area contributed by atoms with E-state index < -0.39 is 0 Å². The maximum Gasteiger partial charge on any atom is 0.122 e. The van der Waals surface area contributed by atoms with Gasteiger partial charge in [-0.1, -0.05) is 18.2 Å². The van der Waals surface area contributed by atoms with E-state index in [2.05, 4.69) is 24.3 Å². The highest BCUT2D eigenvalue weighted by molar-refractivity contribution is 5.33. The number of para-hydroxylation sites is 1. The Kier molecular flexibility index (Phi) is 3.24. The first-order chi connectivity index (χ1) is 9.83. The lowest BCUT2D eigenvalue weighted by Gasteiger charge is -2.54. The molecular weight excluding hydrogens is 244 g/mol. The molecule has 4 bridgehead atoms. The largest absolute Gasteiger partial charge is 0.496 e. The fraction of sp³-hybridized carbons (Fsp3) is 0.684. The Labute approximate surface area is 122 Å². The van der Waals surface area contributed by atoms with E-state index in [-0.39, 0.29) is 0 Å². The molecule has 5 rings (SSSR count). The van der Waals surface area contributed by atoms with Gasteiger partial charge in [-0.05, 0) is 86.2 Å². The summed E-state index contributed by atoms with van der Waals surface area (Å²) in [5.41, 5.74) is 1.41. The van der Waals surface area contributed by atoms with Crippen LogP contribution in [0.3, 0.4) is 0 Å². The summed E-state index contributed by atoms with van der Waals surface area (Å²) in [6, 6.07) is 8.57. The van der Waals surface area contributed by atoms with Crippen molar-refractivity contribution >= 4 is 0 Å². The summed E-state index contributed by atoms with van der Waals surface area (Å²) in [4.78, 5) is 0. The predicted molar refractivity (Wildman–Crippen MR) is 81.9 cm³/mol. The zero-order valence-corrected chi connectivity index (χ0v) is 12.6. The average molecular weight is 270 g/mol. The number of rotatable bonds is 4. The van der Waals surface area contributed by atoms with Gasteiger partial charge in [-0.15, -0.1) is 0 Å². The van der Waals surface area contributed by atoms with Gasteiger partial charge in [0.2, 0.25) is 0 Å². The Morgan fingerprint density at radius 2 is 1.60 bits per heavy atom. The van der Waals surface area contributed by atoms with E-state index in [1.165, 1.54) is 18.4 Å². The molecule has 4 saturated carbocycles. The first kappa shape index (κ1) is 12.7. The van der Waals surface area contributed by atoms with E-state index >= 15 is 0 Å². The van der Waals surface area contributed by atoms with Crippen LogP contribution >= 0.6 is 0 Å². The third-order valence-electron chi connectivity index (χ3n) is 6.36. The van der Waals surface area contributed by atoms with Crippen LogP contribution < -0.4 is 4.74 Å². The van der Waals surface area contributed by atoms with Crippen LogP contribution in [0.1, 0.15) is 44.1 Å². The standard InChI is InChI=1S/C19H26O/c1-20-19-5-3-2-4-15(19)6-7-18-16-9-13-8-14(11-16)12-17(18)10-13/h2-5,13-14,16-18H,6-12H2,1H3. The van der Waals surface area contributed by atoms with E-state index in [1.807, 2.05) is 0 Å². The van der Waals surface area contributed by atoms with Gasteiger partial charge in [0.1, 0.15) is 5.75 Å². The third kappa shape index (κ3) is 2.16. The lowest BCUT2D eigenvalue weighted by Crippen LogP contribution is -2.45. The molecule has 108 valence electrons. The molecule has 0 aromatic heterocycles. The second-order valence-corrected chi connectivity index (χ2v) is 7.45. The highest BCUT2D eigenvalue weighted by Crippen LogP contribution is 2.57. The fourth-order valence-corrected chi connectivity index (χ4v) is 5.74. The van der Waals surface area contributed by atoms with Gasteiger partial charge >= 0.3 is 0 Å². The second kappa shape index (κ2) is 5.09. The molecule has 4 aliphatic rings. The van der Waals surface area contributed by atoms with Crippen molar-refractivity contribution in [3.63, 3.8) is 0 Å². The van der Waals surface area contributed by atoms with Crippen molar-refractivity contribution in [3.05, 3.63) is 29.8 Å². The maximum absolute atomic E-state index is 5.50. The highest BCUT2D eigenvalue weighted by atomic mass is 16.5. The van der Waals surface area contributed by atoms with E-state index in [1.54, 1.807) is 39.2 Å². The van der Waals surface area contributed by atoms with Gasteiger partial charge in [0.05, 0.1) is 7.11 Å². The van der Waals surface area contributed by atoms with Crippen LogP contribution in [0.15, 0.2) is 24.3 Å². The summed E-state index contributed by atoms with van der Waals surface area (Å²) < 4.78 is 5.50. The number of aryl methyl sites for hydroxylation is 1. The monoisotopic (exact) mass is 270 g/mol. The Bertz CT molecular complexity index is 450. The Balaban J connectivity index is 1.45. The molecule has 1 heteroatoms. The van der Waals surface area contributed by atoms with Crippen LogP contribution in [0, 0.1) is 29.6 Å². The normalized spacial score (nSPS) is 38.1. The van der Waals surface area contributed by atoms with Gasteiger partial charge in [-0.25, -0.2) is 0 Å². The minimum Gasteiger partial charge on any atom is -0.496 e. The van der Waals surface area contributed by atoms with Gasteiger partial charge in [-0.2, -0.15) is 0 Å². The topological polar surface area (TPSA) is 9.23 Å². The van der Waals surface area contributed by atoms with Crippen LogP contribution in [0.25, 0.3) is 0 Å². The van der Waals surface area contributed by atoms with Gasteiger partial charge < -0.3 is 4.74 Å². The van der Waals surface area contributed by atoms with Crippen molar-refractivity contribution in [2.24, 2.45) is 29.6 Å². The van der Waals surface area contributed by atoms with Gasteiger partial charge in [-0.3, -0.25) is 0 Å². The van der Waals surface area contributed by atoms with Crippen molar-refractivity contribution in [1.29, 1.82) is 0 Å². The molecule has 4 aliphatic carbocycles. The minimum absolute atomic E-state index is 1.01. The number of benzene rings is 1. The number of ether oxygens (including phenoxy) is 1. The molecule has 4 fully saturated rings. The summed E-state index contributed by atoms with van der Waals surface area (Å²) in [7, 11) is 1.79.